The molecular weight excluding hydrogens is 587 g/mol. The quantitative estimate of drug-likeness (QED) is 0.111. The van der Waals surface area contributed by atoms with Crippen LogP contribution in [0.15, 0.2) is 70.3 Å². The van der Waals surface area contributed by atoms with E-state index >= 15 is 0 Å². The van der Waals surface area contributed by atoms with E-state index in [0.717, 1.165) is 5.69 Å². The molecule has 0 saturated heterocycles. The van der Waals surface area contributed by atoms with E-state index in [1.165, 1.54) is 31.0 Å². The number of rotatable bonds is 10. The normalized spacial score (nSPS) is 11.8. The first kappa shape index (κ1) is 26.9. The second kappa shape index (κ2) is 11.9. The average Bonchev–Trinajstić information content (AvgIpc) is 3.22. The summed E-state index contributed by atoms with van der Waals surface area (Å²) in [4.78, 5) is 11.2. The third-order valence-electron chi connectivity index (χ3n) is 5.34. The van der Waals surface area contributed by atoms with E-state index in [4.69, 9.17) is 21.1 Å². The van der Waals surface area contributed by atoms with Gasteiger partial charge >= 0.3 is 0 Å². The molecule has 0 radical (unpaired) electrons. The lowest BCUT2D eigenvalue weighted by Crippen LogP contribution is -2.12. The van der Waals surface area contributed by atoms with Gasteiger partial charge in [0.15, 0.2) is 16.7 Å². The molecule has 1 atom stereocenters. The highest BCUT2D eigenvalue weighted by molar-refractivity contribution is 9.10. The highest BCUT2D eigenvalue weighted by Gasteiger charge is 2.26. The summed E-state index contributed by atoms with van der Waals surface area (Å²) in [5.74, 6) is 1.05. The smallest absolute Gasteiger partial charge is 0.220 e. The van der Waals surface area contributed by atoms with Gasteiger partial charge in [0.1, 0.15) is 23.5 Å². The van der Waals surface area contributed by atoms with Crippen LogP contribution < -0.4 is 9.47 Å². The number of ether oxygens (including phenoxy) is 2. The lowest BCUT2D eigenvalue weighted by atomic mass is 10.1. The number of nitro groups is 1. The second-order valence-electron chi connectivity index (χ2n) is 7.92. The van der Waals surface area contributed by atoms with Gasteiger partial charge in [-0.1, -0.05) is 35.5 Å². The van der Waals surface area contributed by atoms with Crippen LogP contribution in [0.3, 0.4) is 0 Å². The minimum Gasteiger partial charge on any atom is -0.493 e. The molecule has 4 rings (SSSR count). The third kappa shape index (κ3) is 6.60. The van der Waals surface area contributed by atoms with Gasteiger partial charge in [0.25, 0.3) is 0 Å². The van der Waals surface area contributed by atoms with Crippen LogP contribution in [0.2, 0.25) is 5.02 Å². The van der Waals surface area contributed by atoms with Crippen molar-refractivity contribution in [2.45, 2.75) is 23.9 Å². The number of hydrogen-bond donors (Lipinski definition) is 0. The van der Waals surface area contributed by atoms with Gasteiger partial charge in [0.05, 0.1) is 11.6 Å². The van der Waals surface area contributed by atoms with Crippen LogP contribution in [-0.4, -0.2) is 33.3 Å². The number of aromatic nitrogens is 3. The summed E-state index contributed by atoms with van der Waals surface area (Å²) in [6, 6.07) is 16.7. The molecule has 4 aromatic rings. The second-order valence-corrected chi connectivity index (χ2v) is 10.4. The maximum absolute atomic E-state index is 13.5. The summed E-state index contributed by atoms with van der Waals surface area (Å²) in [7, 11) is 1.48. The van der Waals surface area contributed by atoms with Crippen molar-refractivity contribution >= 4 is 39.3 Å². The standard InChI is InChI=1S/C25H21BrClFN4O4S/c1-15-29-30-25(32(15)20-8-6-18(27)7-9-20)37-23(13-31(33)34)17-11-21(26)24(22(12-17)35-2)36-14-16-4-3-5-19(28)10-16/h3-12,23H,13-14H2,1-2H3/t23-/m0/s1. The Balaban J connectivity index is 1.65. The molecule has 0 N–H and O–H groups in total. The molecule has 1 aromatic heterocycles. The van der Waals surface area contributed by atoms with Crippen LogP contribution in [0.4, 0.5) is 4.39 Å². The number of hydrogen-bond acceptors (Lipinski definition) is 7. The molecule has 0 amide bonds. The molecule has 3 aromatic carbocycles. The summed E-state index contributed by atoms with van der Waals surface area (Å²) in [5.41, 5.74) is 2.07. The van der Waals surface area contributed by atoms with E-state index in [1.54, 1.807) is 43.3 Å². The van der Waals surface area contributed by atoms with E-state index in [1.807, 2.05) is 16.7 Å². The van der Waals surface area contributed by atoms with Gasteiger partial charge in [-0.25, -0.2) is 4.39 Å². The molecule has 8 nitrogen and oxygen atoms in total. The topological polar surface area (TPSA) is 92.3 Å². The van der Waals surface area contributed by atoms with E-state index in [2.05, 4.69) is 26.1 Å². The number of thioether (sulfide) groups is 1. The monoisotopic (exact) mass is 606 g/mol. The lowest BCUT2D eigenvalue weighted by molar-refractivity contribution is -0.479. The van der Waals surface area contributed by atoms with Crippen molar-refractivity contribution in [1.82, 2.24) is 14.8 Å². The minimum atomic E-state index is -0.618. The maximum Gasteiger partial charge on any atom is 0.220 e. The predicted octanol–water partition coefficient (Wildman–Crippen LogP) is 6.83. The molecule has 0 fully saturated rings. The van der Waals surface area contributed by atoms with E-state index in [-0.39, 0.29) is 23.9 Å². The Bertz CT molecular complexity index is 1420. The van der Waals surface area contributed by atoms with Crippen molar-refractivity contribution in [2.24, 2.45) is 0 Å². The minimum absolute atomic E-state index is 0.114. The molecule has 0 spiro atoms. The van der Waals surface area contributed by atoms with Crippen molar-refractivity contribution < 1.29 is 18.8 Å². The Labute approximate surface area is 230 Å². The molecule has 192 valence electrons. The maximum atomic E-state index is 13.5. The number of halogens is 3. The van der Waals surface area contributed by atoms with Crippen LogP contribution in [0.5, 0.6) is 11.5 Å². The average molecular weight is 608 g/mol. The Kier molecular flexibility index (Phi) is 8.67. The predicted molar refractivity (Wildman–Crippen MR) is 143 cm³/mol. The van der Waals surface area contributed by atoms with Crippen LogP contribution in [-0.2, 0) is 6.61 Å². The highest BCUT2D eigenvalue weighted by atomic mass is 79.9. The first-order valence-electron chi connectivity index (χ1n) is 11.0. The van der Waals surface area contributed by atoms with Crippen molar-refractivity contribution in [3.8, 4) is 17.2 Å². The van der Waals surface area contributed by atoms with Gasteiger partial charge in [-0.3, -0.25) is 14.7 Å². The summed E-state index contributed by atoms with van der Waals surface area (Å²) in [6.45, 7) is 1.55. The first-order valence-corrected chi connectivity index (χ1v) is 13.0. The van der Waals surface area contributed by atoms with E-state index < -0.39 is 5.25 Å². The zero-order chi connectivity index (χ0) is 26.5. The molecule has 0 aliphatic carbocycles. The SMILES string of the molecule is COc1cc([C@H](C[N+](=O)[O-])Sc2nnc(C)n2-c2ccc(Cl)cc2)cc(Br)c1OCc1cccc(F)c1. The Morgan fingerprint density at radius 2 is 1.95 bits per heavy atom. The summed E-state index contributed by atoms with van der Waals surface area (Å²) >= 11 is 10.8. The fraction of sp³-hybridized carbons (Fsp3) is 0.200. The summed E-state index contributed by atoms with van der Waals surface area (Å²) in [6.07, 6.45) is 0. The number of nitrogens with zero attached hydrogens (tertiary/aromatic N) is 4. The first-order chi connectivity index (χ1) is 17.7. The van der Waals surface area contributed by atoms with Crippen LogP contribution in [0.25, 0.3) is 5.69 Å². The Morgan fingerprint density at radius 1 is 1.19 bits per heavy atom. The molecule has 0 saturated carbocycles. The zero-order valence-electron chi connectivity index (χ0n) is 19.7. The number of methoxy groups -OCH3 is 1. The van der Waals surface area contributed by atoms with Gasteiger partial charge in [0.2, 0.25) is 6.54 Å². The summed E-state index contributed by atoms with van der Waals surface area (Å²) in [5, 5.41) is 20.5. The summed E-state index contributed by atoms with van der Waals surface area (Å²) < 4.78 is 27.3. The van der Waals surface area contributed by atoms with Gasteiger partial charge in [0, 0.05) is 15.6 Å². The third-order valence-corrected chi connectivity index (χ3v) is 7.36. The largest absolute Gasteiger partial charge is 0.493 e. The zero-order valence-corrected chi connectivity index (χ0v) is 22.9. The molecule has 12 heteroatoms. The molecule has 37 heavy (non-hydrogen) atoms. The van der Waals surface area contributed by atoms with Crippen molar-refractivity contribution in [3.63, 3.8) is 0 Å². The molecule has 0 unspecified atom stereocenters. The molecule has 0 bridgehead atoms. The number of aryl methyl sites for hydroxylation is 1. The molecule has 0 aliphatic rings. The Morgan fingerprint density at radius 3 is 2.62 bits per heavy atom. The van der Waals surface area contributed by atoms with Gasteiger partial charge in [-0.15, -0.1) is 10.2 Å². The highest BCUT2D eigenvalue weighted by Crippen LogP contribution is 2.43. The van der Waals surface area contributed by atoms with Crippen LogP contribution >= 0.6 is 39.3 Å². The van der Waals surface area contributed by atoms with Crippen LogP contribution in [0.1, 0.15) is 22.2 Å². The Hall–Kier alpha value is -3.15. The molecular formula is C25H21BrClFN4O4S. The fourth-order valence-corrected chi connectivity index (χ4v) is 5.48. The lowest BCUT2D eigenvalue weighted by Gasteiger charge is -2.18. The fourth-order valence-electron chi connectivity index (χ4n) is 3.63. The van der Waals surface area contributed by atoms with Gasteiger partial charge in [-0.2, -0.15) is 0 Å². The van der Waals surface area contributed by atoms with Crippen molar-refractivity contribution in [2.75, 3.05) is 13.7 Å². The van der Waals surface area contributed by atoms with Crippen LogP contribution in [0, 0.1) is 22.9 Å². The molecule has 1 heterocycles. The van der Waals surface area contributed by atoms with Gasteiger partial charge < -0.3 is 9.47 Å². The van der Waals surface area contributed by atoms with Gasteiger partial charge in [-0.05, 0) is 82.5 Å². The van der Waals surface area contributed by atoms with E-state index in [0.29, 0.717) is 43.1 Å². The van der Waals surface area contributed by atoms with Crippen molar-refractivity contribution in [3.05, 3.63) is 103 Å². The van der Waals surface area contributed by atoms with Crippen molar-refractivity contribution in [1.29, 1.82) is 0 Å². The van der Waals surface area contributed by atoms with E-state index in [9.17, 15) is 14.5 Å². The molecule has 0 aliphatic heterocycles. The number of benzene rings is 3.